The van der Waals surface area contributed by atoms with Crippen molar-refractivity contribution < 1.29 is 0 Å². The Labute approximate surface area is 105 Å². The van der Waals surface area contributed by atoms with Gasteiger partial charge in [0.2, 0.25) is 0 Å². The van der Waals surface area contributed by atoms with Crippen LogP contribution in [0.3, 0.4) is 0 Å². The van der Waals surface area contributed by atoms with Crippen molar-refractivity contribution in [2.45, 2.75) is 26.4 Å². The number of para-hydroxylation sites is 1. The number of hydrogen-bond donors (Lipinski definition) is 1. The van der Waals surface area contributed by atoms with Gasteiger partial charge in [0.1, 0.15) is 0 Å². The zero-order valence-electron chi connectivity index (χ0n) is 11.5. The second-order valence-corrected chi connectivity index (χ2v) is 5.07. The molecule has 0 spiro atoms. The molecule has 17 heavy (non-hydrogen) atoms. The highest BCUT2D eigenvalue weighted by molar-refractivity contribution is 5.46. The fraction of sp³-hybridized carbons (Fsp3) is 0.571. The van der Waals surface area contributed by atoms with Gasteiger partial charge in [-0.2, -0.15) is 0 Å². The van der Waals surface area contributed by atoms with Crippen LogP contribution in [0, 0.1) is 0 Å². The predicted octanol–water partition coefficient (Wildman–Crippen LogP) is 2.04. The molecule has 0 saturated carbocycles. The number of nitrogens with two attached hydrogens (primary N) is 1. The first kappa shape index (κ1) is 14.0. The SMILES string of the molecule is CC(C)N(CCN(C)C)Cc1ccccc1N. The molecule has 0 aliphatic carbocycles. The van der Waals surface area contributed by atoms with Crippen LogP contribution in [0.25, 0.3) is 0 Å². The maximum atomic E-state index is 5.99. The van der Waals surface area contributed by atoms with E-state index in [9.17, 15) is 0 Å². The van der Waals surface area contributed by atoms with Crippen molar-refractivity contribution >= 4 is 5.69 Å². The normalized spacial score (nSPS) is 11.7. The lowest BCUT2D eigenvalue weighted by molar-refractivity contribution is 0.191. The maximum Gasteiger partial charge on any atom is 0.0359 e. The highest BCUT2D eigenvalue weighted by atomic mass is 15.2. The zero-order valence-corrected chi connectivity index (χ0v) is 11.5. The number of nitrogen functional groups attached to an aromatic ring is 1. The van der Waals surface area contributed by atoms with E-state index in [4.69, 9.17) is 5.73 Å². The van der Waals surface area contributed by atoms with Crippen LogP contribution in [0.4, 0.5) is 5.69 Å². The van der Waals surface area contributed by atoms with Gasteiger partial charge in [0.15, 0.2) is 0 Å². The minimum absolute atomic E-state index is 0.537. The lowest BCUT2D eigenvalue weighted by Gasteiger charge is -2.28. The van der Waals surface area contributed by atoms with E-state index in [0.29, 0.717) is 6.04 Å². The van der Waals surface area contributed by atoms with Crippen LogP contribution in [0.1, 0.15) is 19.4 Å². The Hall–Kier alpha value is -1.06. The fourth-order valence-corrected chi connectivity index (χ4v) is 1.75. The Morgan fingerprint density at radius 2 is 1.76 bits per heavy atom. The monoisotopic (exact) mass is 235 g/mol. The first-order valence-electron chi connectivity index (χ1n) is 6.23. The molecule has 1 aromatic carbocycles. The molecule has 0 aliphatic heterocycles. The standard InChI is InChI=1S/C14H25N3/c1-12(2)17(10-9-16(3)4)11-13-7-5-6-8-14(13)15/h5-8,12H,9-11,15H2,1-4H3. The first-order chi connectivity index (χ1) is 8.00. The molecule has 1 rings (SSSR count). The van der Waals surface area contributed by atoms with Crippen molar-refractivity contribution in [1.82, 2.24) is 9.80 Å². The summed E-state index contributed by atoms with van der Waals surface area (Å²) >= 11 is 0. The molecule has 3 nitrogen and oxygen atoms in total. The van der Waals surface area contributed by atoms with E-state index in [1.165, 1.54) is 5.56 Å². The summed E-state index contributed by atoms with van der Waals surface area (Å²) in [6, 6.07) is 8.66. The number of benzene rings is 1. The van der Waals surface area contributed by atoms with Gasteiger partial charge in [0.05, 0.1) is 0 Å². The minimum atomic E-state index is 0.537. The maximum absolute atomic E-state index is 5.99. The van der Waals surface area contributed by atoms with E-state index in [-0.39, 0.29) is 0 Å². The predicted molar refractivity (Wildman–Crippen MR) is 75.0 cm³/mol. The van der Waals surface area contributed by atoms with E-state index in [1.54, 1.807) is 0 Å². The highest BCUT2D eigenvalue weighted by Crippen LogP contribution is 2.14. The molecule has 0 amide bonds. The molecule has 0 atom stereocenters. The van der Waals surface area contributed by atoms with Crippen LogP contribution in [-0.4, -0.2) is 43.0 Å². The number of anilines is 1. The third-order valence-electron chi connectivity index (χ3n) is 2.99. The summed E-state index contributed by atoms with van der Waals surface area (Å²) in [7, 11) is 4.21. The number of rotatable bonds is 6. The molecule has 2 N–H and O–H groups in total. The lowest BCUT2D eigenvalue weighted by atomic mass is 10.1. The van der Waals surface area contributed by atoms with Gasteiger partial charge in [0.25, 0.3) is 0 Å². The summed E-state index contributed by atoms with van der Waals surface area (Å²) in [5.41, 5.74) is 8.10. The van der Waals surface area contributed by atoms with Crippen LogP contribution in [0.15, 0.2) is 24.3 Å². The Morgan fingerprint density at radius 3 is 2.29 bits per heavy atom. The third kappa shape index (κ3) is 4.75. The largest absolute Gasteiger partial charge is 0.398 e. The van der Waals surface area contributed by atoms with E-state index < -0.39 is 0 Å². The van der Waals surface area contributed by atoms with Gasteiger partial charge in [0, 0.05) is 31.4 Å². The van der Waals surface area contributed by atoms with Crippen LogP contribution in [-0.2, 0) is 6.54 Å². The minimum Gasteiger partial charge on any atom is -0.398 e. The molecule has 0 saturated heterocycles. The molecule has 3 heteroatoms. The summed E-state index contributed by atoms with van der Waals surface area (Å²) in [6.07, 6.45) is 0. The number of hydrogen-bond acceptors (Lipinski definition) is 3. The van der Waals surface area contributed by atoms with Crippen molar-refractivity contribution in [3.8, 4) is 0 Å². The second-order valence-electron chi connectivity index (χ2n) is 5.07. The van der Waals surface area contributed by atoms with Crippen molar-refractivity contribution in [2.75, 3.05) is 32.9 Å². The van der Waals surface area contributed by atoms with Crippen LogP contribution in [0.5, 0.6) is 0 Å². The molecule has 0 unspecified atom stereocenters. The third-order valence-corrected chi connectivity index (χ3v) is 2.99. The van der Waals surface area contributed by atoms with Gasteiger partial charge in [-0.15, -0.1) is 0 Å². The van der Waals surface area contributed by atoms with Gasteiger partial charge in [-0.3, -0.25) is 4.90 Å². The van der Waals surface area contributed by atoms with E-state index in [2.05, 4.69) is 49.9 Å². The Kier molecular flexibility index (Phi) is 5.45. The van der Waals surface area contributed by atoms with Crippen LogP contribution in [0.2, 0.25) is 0 Å². The molecule has 0 heterocycles. The molecule has 0 aliphatic rings. The topological polar surface area (TPSA) is 32.5 Å². The van der Waals surface area contributed by atoms with E-state index in [0.717, 1.165) is 25.3 Å². The summed E-state index contributed by atoms with van der Waals surface area (Å²) in [4.78, 5) is 4.66. The average Bonchev–Trinajstić information content (AvgIpc) is 2.25. The smallest absolute Gasteiger partial charge is 0.0359 e. The molecule has 0 bridgehead atoms. The van der Waals surface area contributed by atoms with Gasteiger partial charge < -0.3 is 10.6 Å². The molecule has 1 aromatic rings. The summed E-state index contributed by atoms with van der Waals surface area (Å²) in [6.45, 7) is 7.53. The van der Waals surface area contributed by atoms with E-state index >= 15 is 0 Å². The van der Waals surface area contributed by atoms with Gasteiger partial charge in [-0.05, 0) is 39.6 Å². The van der Waals surface area contributed by atoms with Crippen molar-refractivity contribution in [3.63, 3.8) is 0 Å². The summed E-state index contributed by atoms with van der Waals surface area (Å²) < 4.78 is 0. The van der Waals surface area contributed by atoms with Crippen molar-refractivity contribution in [1.29, 1.82) is 0 Å². The van der Waals surface area contributed by atoms with Gasteiger partial charge in [-0.1, -0.05) is 18.2 Å². The summed E-state index contributed by atoms with van der Waals surface area (Å²) in [5, 5.41) is 0. The van der Waals surface area contributed by atoms with E-state index in [1.807, 2.05) is 12.1 Å². The molecule has 0 radical (unpaired) electrons. The fourth-order valence-electron chi connectivity index (χ4n) is 1.75. The quantitative estimate of drug-likeness (QED) is 0.766. The molecule has 0 fully saturated rings. The van der Waals surface area contributed by atoms with Crippen molar-refractivity contribution in [3.05, 3.63) is 29.8 Å². The molecule has 96 valence electrons. The second kappa shape index (κ2) is 6.62. The molecule has 0 aromatic heterocycles. The Bertz CT molecular complexity index is 334. The van der Waals surface area contributed by atoms with Gasteiger partial charge >= 0.3 is 0 Å². The number of likely N-dealkylation sites (N-methyl/N-ethyl adjacent to an activating group) is 1. The zero-order chi connectivity index (χ0) is 12.8. The summed E-state index contributed by atoms with van der Waals surface area (Å²) in [5.74, 6) is 0. The van der Waals surface area contributed by atoms with Gasteiger partial charge in [-0.25, -0.2) is 0 Å². The number of nitrogens with zero attached hydrogens (tertiary/aromatic N) is 2. The average molecular weight is 235 g/mol. The van der Waals surface area contributed by atoms with Crippen LogP contribution >= 0.6 is 0 Å². The first-order valence-corrected chi connectivity index (χ1v) is 6.23. The highest BCUT2D eigenvalue weighted by Gasteiger charge is 2.11. The Morgan fingerprint density at radius 1 is 1.12 bits per heavy atom. The van der Waals surface area contributed by atoms with Crippen molar-refractivity contribution in [2.24, 2.45) is 0 Å². The molecular formula is C14H25N3. The lowest BCUT2D eigenvalue weighted by Crippen LogP contribution is -2.36. The van der Waals surface area contributed by atoms with Crippen LogP contribution < -0.4 is 5.73 Å². The Balaban J connectivity index is 2.64. The molecular weight excluding hydrogens is 210 g/mol.